The molecule has 2 aromatic rings. The zero-order valence-electron chi connectivity index (χ0n) is 15.2. The fraction of sp³-hybridized carbons (Fsp3) is 0.444. The lowest BCUT2D eigenvalue weighted by Gasteiger charge is -2.23. The van der Waals surface area contributed by atoms with E-state index in [2.05, 4.69) is 10.5 Å². The minimum Gasteiger partial charge on any atom is -0.360 e. The van der Waals surface area contributed by atoms with Gasteiger partial charge in [0.25, 0.3) is 0 Å². The number of aryl methyl sites for hydroxylation is 3. The predicted molar refractivity (Wildman–Crippen MR) is 95.9 cm³/mol. The number of rotatable bonds is 5. The Hall–Kier alpha value is -2.19. The van der Waals surface area contributed by atoms with Crippen LogP contribution in [0.15, 0.2) is 33.7 Å². The second-order valence-electron chi connectivity index (χ2n) is 6.57. The van der Waals surface area contributed by atoms with E-state index in [4.69, 9.17) is 4.52 Å². The molecule has 0 saturated carbocycles. The van der Waals surface area contributed by atoms with Gasteiger partial charge >= 0.3 is 0 Å². The van der Waals surface area contributed by atoms with Crippen molar-refractivity contribution in [1.82, 2.24) is 14.8 Å². The summed E-state index contributed by atoms with van der Waals surface area (Å²) >= 11 is 0. The van der Waals surface area contributed by atoms with Crippen LogP contribution >= 0.6 is 0 Å². The van der Waals surface area contributed by atoms with Gasteiger partial charge in [-0.05, 0) is 44.7 Å². The third-order valence-electron chi connectivity index (χ3n) is 4.76. The zero-order valence-corrected chi connectivity index (χ0v) is 16.0. The molecule has 0 spiro atoms. The lowest BCUT2D eigenvalue weighted by Crippen LogP contribution is -2.45. The van der Waals surface area contributed by atoms with Crippen molar-refractivity contribution in [3.8, 4) is 0 Å². The van der Waals surface area contributed by atoms with Crippen molar-refractivity contribution in [2.75, 3.05) is 6.54 Å². The van der Waals surface area contributed by atoms with Crippen molar-refractivity contribution in [2.24, 2.45) is 0 Å². The maximum atomic E-state index is 13.0. The van der Waals surface area contributed by atoms with Crippen LogP contribution in [0.3, 0.4) is 0 Å². The number of carbonyl (C=O) groups is 1. The van der Waals surface area contributed by atoms with E-state index in [9.17, 15) is 13.2 Å². The van der Waals surface area contributed by atoms with E-state index in [0.29, 0.717) is 31.6 Å². The Labute approximate surface area is 153 Å². The molecular formula is C18H23N3O4S. The summed E-state index contributed by atoms with van der Waals surface area (Å²) in [5.74, 6) is -0.0328. The molecule has 1 amide bonds. The molecule has 1 aromatic carbocycles. The summed E-state index contributed by atoms with van der Waals surface area (Å²) < 4.78 is 32.3. The van der Waals surface area contributed by atoms with Crippen LogP contribution in [-0.4, -0.2) is 36.4 Å². The monoisotopic (exact) mass is 377 g/mol. The first-order valence-corrected chi connectivity index (χ1v) is 10.0. The standard InChI is InChI=1S/C18H23N3O4S/c1-12-7-4-5-8-15(12)11-19-18(22)16-9-6-10-21(16)26(23,24)17-13(2)20-25-14(17)3/h4-5,7-8,16H,6,9-11H2,1-3H3,(H,19,22)/t16-/m0/s1. The van der Waals surface area contributed by atoms with E-state index < -0.39 is 16.1 Å². The molecule has 2 heterocycles. The molecule has 3 rings (SSSR count). The summed E-state index contributed by atoms with van der Waals surface area (Å²) in [5.41, 5.74) is 2.41. The number of sulfonamides is 1. The Bertz CT molecular complexity index is 901. The molecule has 1 atom stereocenters. The van der Waals surface area contributed by atoms with Crippen molar-refractivity contribution < 1.29 is 17.7 Å². The number of carbonyl (C=O) groups excluding carboxylic acids is 1. The van der Waals surface area contributed by atoms with Crippen LogP contribution in [0.5, 0.6) is 0 Å². The number of amides is 1. The summed E-state index contributed by atoms with van der Waals surface area (Å²) in [4.78, 5) is 12.7. The van der Waals surface area contributed by atoms with E-state index in [1.807, 2.05) is 31.2 Å². The van der Waals surface area contributed by atoms with Crippen LogP contribution in [0.1, 0.15) is 35.4 Å². The van der Waals surface area contributed by atoms with Gasteiger partial charge in [0.05, 0.1) is 0 Å². The SMILES string of the molecule is Cc1ccccc1CNC(=O)[C@@H]1CCCN1S(=O)(=O)c1c(C)noc1C. The maximum absolute atomic E-state index is 13.0. The first kappa shape index (κ1) is 18.6. The lowest BCUT2D eigenvalue weighted by molar-refractivity contribution is -0.124. The normalized spacial score (nSPS) is 18.2. The lowest BCUT2D eigenvalue weighted by atomic mass is 10.1. The highest BCUT2D eigenvalue weighted by molar-refractivity contribution is 7.89. The quantitative estimate of drug-likeness (QED) is 0.861. The fourth-order valence-corrected chi connectivity index (χ4v) is 5.31. The van der Waals surface area contributed by atoms with E-state index in [1.54, 1.807) is 13.8 Å². The van der Waals surface area contributed by atoms with E-state index in [-0.39, 0.29) is 16.6 Å². The molecule has 7 nitrogen and oxygen atoms in total. The number of nitrogens with one attached hydrogen (secondary N) is 1. The van der Waals surface area contributed by atoms with Gasteiger partial charge in [0.1, 0.15) is 16.6 Å². The molecule has 1 aliphatic heterocycles. The Morgan fingerprint density at radius 3 is 2.69 bits per heavy atom. The van der Waals surface area contributed by atoms with Gasteiger partial charge in [-0.3, -0.25) is 4.79 Å². The summed E-state index contributed by atoms with van der Waals surface area (Å²) in [6.07, 6.45) is 1.15. The molecule has 8 heteroatoms. The van der Waals surface area contributed by atoms with Gasteiger partial charge in [-0.25, -0.2) is 8.42 Å². The highest BCUT2D eigenvalue weighted by Gasteiger charge is 2.41. The smallest absolute Gasteiger partial charge is 0.249 e. The molecule has 26 heavy (non-hydrogen) atoms. The van der Waals surface area contributed by atoms with Crippen LogP contribution in [-0.2, 0) is 21.4 Å². The Morgan fingerprint density at radius 2 is 2.04 bits per heavy atom. The summed E-state index contributed by atoms with van der Waals surface area (Å²) in [5, 5.41) is 6.60. The maximum Gasteiger partial charge on any atom is 0.249 e. The predicted octanol–water partition coefficient (Wildman–Crippen LogP) is 2.07. The third kappa shape index (κ3) is 3.39. The first-order chi connectivity index (χ1) is 12.3. The molecule has 0 unspecified atom stereocenters. The second-order valence-corrected chi connectivity index (χ2v) is 8.40. The molecular weight excluding hydrogens is 354 g/mol. The minimum absolute atomic E-state index is 0.0658. The highest BCUT2D eigenvalue weighted by Crippen LogP contribution is 2.29. The van der Waals surface area contributed by atoms with Crippen LogP contribution in [0.25, 0.3) is 0 Å². The highest BCUT2D eigenvalue weighted by atomic mass is 32.2. The fourth-order valence-electron chi connectivity index (χ4n) is 3.36. The molecule has 1 fully saturated rings. The van der Waals surface area contributed by atoms with Gasteiger partial charge in [-0.15, -0.1) is 0 Å². The van der Waals surface area contributed by atoms with Crippen molar-refractivity contribution in [3.05, 3.63) is 46.8 Å². The van der Waals surface area contributed by atoms with Crippen LogP contribution in [0.2, 0.25) is 0 Å². The van der Waals surface area contributed by atoms with Crippen LogP contribution < -0.4 is 5.32 Å². The molecule has 1 saturated heterocycles. The van der Waals surface area contributed by atoms with Crippen molar-refractivity contribution in [1.29, 1.82) is 0 Å². The Balaban J connectivity index is 1.77. The number of hydrogen-bond acceptors (Lipinski definition) is 5. The largest absolute Gasteiger partial charge is 0.360 e. The van der Waals surface area contributed by atoms with Gasteiger partial charge < -0.3 is 9.84 Å². The molecule has 1 aromatic heterocycles. The van der Waals surface area contributed by atoms with E-state index >= 15 is 0 Å². The van der Waals surface area contributed by atoms with Crippen molar-refractivity contribution in [3.63, 3.8) is 0 Å². The third-order valence-corrected chi connectivity index (χ3v) is 6.91. The molecule has 0 bridgehead atoms. The molecule has 140 valence electrons. The number of benzene rings is 1. The van der Waals surface area contributed by atoms with Crippen LogP contribution in [0, 0.1) is 20.8 Å². The summed E-state index contributed by atoms with van der Waals surface area (Å²) in [7, 11) is -3.83. The molecule has 1 N–H and O–H groups in total. The zero-order chi connectivity index (χ0) is 18.9. The van der Waals surface area contributed by atoms with Crippen molar-refractivity contribution >= 4 is 15.9 Å². The van der Waals surface area contributed by atoms with Gasteiger partial charge in [0.15, 0.2) is 5.76 Å². The van der Waals surface area contributed by atoms with Gasteiger partial charge in [-0.2, -0.15) is 4.31 Å². The van der Waals surface area contributed by atoms with E-state index in [0.717, 1.165) is 11.1 Å². The Kier molecular flexibility index (Phi) is 5.15. The number of hydrogen-bond donors (Lipinski definition) is 1. The topological polar surface area (TPSA) is 92.5 Å². The molecule has 0 aliphatic carbocycles. The molecule has 0 radical (unpaired) electrons. The number of nitrogens with zero attached hydrogens (tertiary/aromatic N) is 2. The summed E-state index contributed by atoms with van der Waals surface area (Å²) in [6.45, 7) is 5.82. The van der Waals surface area contributed by atoms with Gasteiger partial charge in [0, 0.05) is 13.1 Å². The average molecular weight is 377 g/mol. The van der Waals surface area contributed by atoms with Crippen LogP contribution in [0.4, 0.5) is 0 Å². The van der Waals surface area contributed by atoms with Crippen molar-refractivity contribution in [2.45, 2.75) is 51.1 Å². The van der Waals surface area contributed by atoms with Gasteiger partial charge in [0.2, 0.25) is 15.9 Å². The minimum atomic E-state index is -3.83. The van der Waals surface area contributed by atoms with Gasteiger partial charge in [-0.1, -0.05) is 29.4 Å². The molecule has 1 aliphatic rings. The van der Waals surface area contributed by atoms with E-state index in [1.165, 1.54) is 4.31 Å². The second kappa shape index (κ2) is 7.20. The first-order valence-electron chi connectivity index (χ1n) is 8.59. The Morgan fingerprint density at radius 1 is 1.31 bits per heavy atom. The summed E-state index contributed by atoms with van der Waals surface area (Å²) in [6, 6.07) is 7.07. The number of aromatic nitrogens is 1. The average Bonchev–Trinajstić information content (AvgIpc) is 3.21.